The van der Waals surface area contributed by atoms with Gasteiger partial charge in [0, 0.05) is 0 Å². The van der Waals surface area contributed by atoms with Crippen molar-refractivity contribution in [2.45, 2.75) is 29.8 Å². The average Bonchev–Trinajstić information content (AvgIpc) is 1.27. The Morgan fingerprint density at radius 3 is 1.71 bits per heavy atom. The topological polar surface area (TPSA) is 0 Å². The molecule has 0 atom stereocenters. The zero-order valence-electron chi connectivity index (χ0n) is 5.86. The first kappa shape index (κ1) is 7.64. The van der Waals surface area contributed by atoms with Crippen molar-refractivity contribution in [3.63, 3.8) is 0 Å². The monoisotopic (exact) mass is 156 g/mol. The van der Waals surface area contributed by atoms with E-state index in [0.29, 0.717) is 0 Å². The summed E-state index contributed by atoms with van der Waals surface area (Å²) in [6.07, 6.45) is 0. The molecule has 0 N–H and O–H groups in total. The molecule has 0 bridgehead atoms. The predicted octanol–water partition coefficient (Wildman–Crippen LogP) is 2.40. The van der Waals surface area contributed by atoms with E-state index in [2.05, 4.69) is 24.8 Å². The molecule has 0 aromatic heterocycles. The van der Waals surface area contributed by atoms with Crippen molar-refractivity contribution < 1.29 is 0 Å². The van der Waals surface area contributed by atoms with Crippen LogP contribution in [0.3, 0.4) is 0 Å². The van der Waals surface area contributed by atoms with Crippen LogP contribution in [0, 0.1) is 5.92 Å². The maximum absolute atomic E-state index is 2.45. The minimum atomic E-state index is -0.615. The Kier molecular flexibility index (Phi) is 3.94. The van der Waals surface area contributed by atoms with Crippen molar-refractivity contribution in [3.05, 3.63) is 0 Å². The van der Waals surface area contributed by atoms with Crippen molar-refractivity contribution in [3.8, 4) is 0 Å². The Bertz CT molecular complexity index is 33.4. The van der Waals surface area contributed by atoms with Gasteiger partial charge in [0.1, 0.15) is 0 Å². The summed E-state index contributed by atoms with van der Waals surface area (Å²) in [5.74, 6) is 0.958. The van der Waals surface area contributed by atoms with Gasteiger partial charge in [-0.05, 0) is 0 Å². The first-order chi connectivity index (χ1) is 3.13. The number of hydrogen-bond donors (Lipinski definition) is 0. The van der Waals surface area contributed by atoms with Crippen LogP contribution in [0.4, 0.5) is 0 Å². The van der Waals surface area contributed by atoms with Crippen LogP contribution >= 0.6 is 0 Å². The summed E-state index contributed by atoms with van der Waals surface area (Å²) in [4.78, 5) is 1.55. The Balaban J connectivity index is 2.95. The molecular weight excluding hydrogens is 142 g/mol. The molecule has 0 rings (SSSR count). The van der Waals surface area contributed by atoms with Crippen LogP contribution in [0.15, 0.2) is 0 Å². The van der Waals surface area contributed by atoms with Crippen molar-refractivity contribution in [1.29, 1.82) is 0 Å². The Morgan fingerprint density at radius 1 is 1.29 bits per heavy atom. The third kappa shape index (κ3) is 6.64. The molecule has 7 heavy (non-hydrogen) atoms. The fourth-order valence-corrected chi connectivity index (χ4v) is 4.90. The van der Waals surface area contributed by atoms with Crippen LogP contribution in [0.5, 0.6) is 0 Å². The third-order valence-electron chi connectivity index (χ3n) is 0.943. The molecule has 0 heterocycles. The van der Waals surface area contributed by atoms with E-state index in [1.165, 1.54) is 0 Å². The van der Waals surface area contributed by atoms with E-state index in [4.69, 9.17) is 0 Å². The van der Waals surface area contributed by atoms with Crippen LogP contribution in [-0.2, 0) is 0 Å². The molecule has 0 fully saturated rings. The molecule has 0 aliphatic rings. The summed E-state index contributed by atoms with van der Waals surface area (Å²) < 4.78 is 0. The molecular formula is C6H15Ga. The van der Waals surface area contributed by atoms with Crippen LogP contribution < -0.4 is 0 Å². The quantitative estimate of drug-likeness (QED) is 0.539. The van der Waals surface area contributed by atoms with Gasteiger partial charge < -0.3 is 0 Å². The third-order valence-corrected chi connectivity index (χ3v) is 4.90. The van der Waals surface area contributed by atoms with Gasteiger partial charge in [-0.2, -0.15) is 0 Å². The Morgan fingerprint density at radius 2 is 1.71 bits per heavy atom. The molecule has 0 radical (unpaired) electrons. The van der Waals surface area contributed by atoms with E-state index in [-0.39, 0.29) is 0 Å². The Labute approximate surface area is 52.3 Å². The van der Waals surface area contributed by atoms with E-state index in [1.54, 1.807) is 4.98 Å². The van der Waals surface area contributed by atoms with Gasteiger partial charge in [-0.3, -0.25) is 0 Å². The first-order valence-electron chi connectivity index (χ1n) is 3.13. The fraction of sp³-hybridized carbons (Fsp3) is 1.00. The van der Waals surface area contributed by atoms with Gasteiger partial charge in [-0.15, -0.1) is 0 Å². The molecule has 1 heteroatoms. The Hall–Kier alpha value is 0.636. The summed E-state index contributed by atoms with van der Waals surface area (Å²) in [5.41, 5.74) is 4.90. The van der Waals surface area contributed by atoms with Gasteiger partial charge in [0.2, 0.25) is 0 Å². The summed E-state index contributed by atoms with van der Waals surface area (Å²) in [5, 5.41) is 0. The fourth-order valence-electron chi connectivity index (χ4n) is 0.943. The van der Waals surface area contributed by atoms with Gasteiger partial charge >= 0.3 is 51.9 Å². The number of hydrogen-bond acceptors (Lipinski definition) is 0. The molecule has 0 saturated heterocycles. The van der Waals surface area contributed by atoms with Crippen molar-refractivity contribution >= 4 is 16.2 Å². The van der Waals surface area contributed by atoms with Gasteiger partial charge in [0.25, 0.3) is 0 Å². The maximum atomic E-state index is 2.45. The molecule has 0 aliphatic carbocycles. The second-order valence-electron chi connectivity index (χ2n) is 3.02. The van der Waals surface area contributed by atoms with Crippen LogP contribution in [0.25, 0.3) is 0 Å². The SMILES string of the molecule is CC(C)[CH2][Ga]([CH3])[CH3]. The van der Waals surface area contributed by atoms with Gasteiger partial charge in [0.05, 0.1) is 0 Å². The predicted molar refractivity (Wildman–Crippen MR) is 37.1 cm³/mol. The minimum absolute atomic E-state index is 0.615. The summed E-state index contributed by atoms with van der Waals surface area (Å²) in [7, 11) is 0. The average molecular weight is 157 g/mol. The second-order valence-corrected chi connectivity index (χ2v) is 9.86. The standard InChI is InChI=1S/C4H9.2CH3.Ga/c1-4(2)3;;;/h4H,1H2,2-3H3;2*1H3;. The first-order valence-corrected chi connectivity index (χ1v) is 9.68. The molecule has 0 aliphatic heterocycles. The van der Waals surface area contributed by atoms with Gasteiger partial charge in [-0.1, -0.05) is 0 Å². The molecule has 0 amide bonds. The van der Waals surface area contributed by atoms with E-state index >= 15 is 0 Å². The second kappa shape index (κ2) is 3.62. The van der Waals surface area contributed by atoms with Crippen molar-refractivity contribution in [1.82, 2.24) is 0 Å². The van der Waals surface area contributed by atoms with E-state index in [0.717, 1.165) is 5.92 Å². The van der Waals surface area contributed by atoms with E-state index in [1.807, 2.05) is 0 Å². The molecule has 0 spiro atoms. The summed E-state index contributed by atoms with van der Waals surface area (Å²) in [6, 6.07) is 0. The van der Waals surface area contributed by atoms with Crippen LogP contribution in [-0.4, -0.2) is 16.2 Å². The normalized spacial score (nSPS) is 9.86. The molecule has 0 nitrogen and oxygen atoms in total. The molecule has 0 aromatic carbocycles. The van der Waals surface area contributed by atoms with Crippen molar-refractivity contribution in [2.24, 2.45) is 5.92 Å². The molecule has 0 unspecified atom stereocenters. The van der Waals surface area contributed by atoms with E-state index in [9.17, 15) is 0 Å². The molecule has 42 valence electrons. The summed E-state index contributed by atoms with van der Waals surface area (Å²) in [6.45, 7) is 4.62. The van der Waals surface area contributed by atoms with Crippen molar-refractivity contribution in [2.75, 3.05) is 0 Å². The zero-order chi connectivity index (χ0) is 5.86. The summed E-state index contributed by atoms with van der Waals surface area (Å²) >= 11 is -0.615. The number of rotatable bonds is 2. The zero-order valence-corrected chi connectivity index (χ0v) is 8.28. The van der Waals surface area contributed by atoms with Gasteiger partial charge in [-0.25, -0.2) is 0 Å². The molecule has 0 aromatic rings. The van der Waals surface area contributed by atoms with Crippen LogP contribution in [0.2, 0.25) is 15.9 Å². The van der Waals surface area contributed by atoms with E-state index < -0.39 is 16.2 Å². The van der Waals surface area contributed by atoms with Gasteiger partial charge in [0.15, 0.2) is 0 Å². The van der Waals surface area contributed by atoms with Crippen LogP contribution in [0.1, 0.15) is 13.8 Å². The molecule has 0 saturated carbocycles.